The minimum Gasteiger partial charge on any atom is -0.467 e. The van der Waals surface area contributed by atoms with E-state index in [2.05, 4.69) is 0 Å². The Morgan fingerprint density at radius 2 is 1.38 bits per heavy atom. The van der Waals surface area contributed by atoms with Crippen LogP contribution in [-0.4, -0.2) is 40.4 Å². The van der Waals surface area contributed by atoms with Gasteiger partial charge in [-0.25, -0.2) is 4.79 Å². The maximum Gasteiger partial charge on any atom is 0.330 e. The number of hydrogen-bond donors (Lipinski definition) is 0. The Hall–Kier alpha value is -3.35. The number of hydrogen-bond acceptors (Lipinski definition) is 4. The average molecular weight is 467 g/mol. The number of esters is 1. The number of amides is 2. The fraction of sp³-hybridized carbons (Fsp3) is 0.125. The Bertz CT molecular complexity index is 1350. The topological polar surface area (TPSA) is 68.6 Å². The highest BCUT2D eigenvalue weighted by molar-refractivity contribution is 6.33. The summed E-state index contributed by atoms with van der Waals surface area (Å²) in [5, 5.41) is 2.81. The third kappa shape index (κ3) is 3.06. The number of aromatic nitrogens is 1. The van der Waals surface area contributed by atoms with E-state index in [0.717, 1.165) is 26.7 Å². The molecule has 5 rings (SSSR count). The van der Waals surface area contributed by atoms with Crippen molar-refractivity contribution in [1.29, 1.82) is 0 Å². The lowest BCUT2D eigenvalue weighted by molar-refractivity contribution is -0.145. The summed E-state index contributed by atoms with van der Waals surface area (Å²) >= 11 is 12.5. The second-order valence-corrected chi connectivity index (χ2v) is 8.37. The van der Waals surface area contributed by atoms with E-state index >= 15 is 0 Å². The van der Waals surface area contributed by atoms with Crippen LogP contribution in [-0.2, 0) is 16.1 Å². The van der Waals surface area contributed by atoms with E-state index < -0.39 is 23.8 Å². The third-order valence-electron chi connectivity index (χ3n) is 5.75. The number of carbonyl (C=O) groups is 3. The lowest BCUT2D eigenvalue weighted by Gasteiger charge is -2.25. The fourth-order valence-corrected chi connectivity index (χ4v) is 4.65. The molecular weight excluding hydrogens is 451 g/mol. The van der Waals surface area contributed by atoms with E-state index in [1.165, 1.54) is 7.11 Å². The number of benzene rings is 3. The Kier molecular flexibility index (Phi) is 4.92. The molecule has 1 aromatic heterocycles. The molecule has 1 unspecified atom stereocenters. The van der Waals surface area contributed by atoms with Crippen molar-refractivity contribution in [3.05, 3.63) is 81.8 Å². The third-order valence-corrected chi connectivity index (χ3v) is 6.23. The molecule has 0 saturated carbocycles. The molecule has 160 valence electrons. The van der Waals surface area contributed by atoms with Crippen LogP contribution in [0.15, 0.2) is 60.7 Å². The first-order valence-corrected chi connectivity index (χ1v) is 10.6. The maximum atomic E-state index is 13.1. The molecule has 32 heavy (non-hydrogen) atoms. The molecule has 0 spiro atoms. The molecule has 6 nitrogen and oxygen atoms in total. The molecular formula is C24H16Cl2N2O4. The molecule has 0 N–H and O–H groups in total. The molecule has 2 heterocycles. The predicted octanol–water partition coefficient (Wildman–Crippen LogP) is 4.94. The average Bonchev–Trinajstić information content (AvgIpc) is 3.22. The number of fused-ring (bicyclic) bond motifs is 4. The molecule has 1 aliphatic rings. The second kappa shape index (κ2) is 7.65. The monoisotopic (exact) mass is 466 g/mol. The van der Waals surface area contributed by atoms with Gasteiger partial charge in [0.15, 0.2) is 6.04 Å². The van der Waals surface area contributed by atoms with Crippen molar-refractivity contribution in [3.63, 3.8) is 0 Å². The van der Waals surface area contributed by atoms with Gasteiger partial charge in [-0.1, -0.05) is 35.3 Å². The fourth-order valence-electron chi connectivity index (χ4n) is 4.31. The van der Waals surface area contributed by atoms with Crippen molar-refractivity contribution in [3.8, 4) is 0 Å². The number of nitrogens with zero attached hydrogens (tertiary/aromatic N) is 2. The Balaban J connectivity index is 1.67. The van der Waals surface area contributed by atoms with Gasteiger partial charge in [0.2, 0.25) is 0 Å². The van der Waals surface area contributed by atoms with E-state index in [1.54, 1.807) is 36.4 Å². The molecule has 0 radical (unpaired) electrons. The quantitative estimate of drug-likeness (QED) is 0.315. The zero-order valence-corrected chi connectivity index (χ0v) is 18.4. The summed E-state index contributed by atoms with van der Waals surface area (Å²) in [6.07, 6.45) is 0. The molecule has 4 aromatic rings. The summed E-state index contributed by atoms with van der Waals surface area (Å²) < 4.78 is 6.87. The van der Waals surface area contributed by atoms with Gasteiger partial charge in [0.25, 0.3) is 11.8 Å². The van der Waals surface area contributed by atoms with Crippen molar-refractivity contribution < 1.29 is 19.1 Å². The molecule has 1 aliphatic heterocycles. The van der Waals surface area contributed by atoms with Crippen LogP contribution >= 0.6 is 23.2 Å². The van der Waals surface area contributed by atoms with Crippen molar-refractivity contribution >= 4 is 62.8 Å². The maximum absolute atomic E-state index is 13.1. The van der Waals surface area contributed by atoms with Crippen molar-refractivity contribution in [2.45, 2.75) is 12.6 Å². The van der Waals surface area contributed by atoms with Gasteiger partial charge in [-0.05, 0) is 48.5 Å². The largest absolute Gasteiger partial charge is 0.467 e. The summed E-state index contributed by atoms with van der Waals surface area (Å²) in [5.41, 5.74) is 2.12. The molecule has 8 heteroatoms. The number of imide groups is 1. The Morgan fingerprint density at radius 1 is 0.875 bits per heavy atom. The molecule has 0 bridgehead atoms. The van der Waals surface area contributed by atoms with Crippen LogP contribution < -0.4 is 0 Å². The molecule has 0 saturated heterocycles. The van der Waals surface area contributed by atoms with Gasteiger partial charge in [0.1, 0.15) is 0 Å². The van der Waals surface area contributed by atoms with E-state index in [-0.39, 0.29) is 17.7 Å². The van der Waals surface area contributed by atoms with Gasteiger partial charge in [0, 0.05) is 31.9 Å². The molecule has 2 amide bonds. The molecule has 0 fully saturated rings. The number of rotatable bonds is 4. The van der Waals surface area contributed by atoms with Crippen LogP contribution in [0.3, 0.4) is 0 Å². The summed E-state index contributed by atoms with van der Waals surface area (Å²) in [7, 11) is 1.24. The zero-order chi connectivity index (χ0) is 22.6. The number of carbonyl (C=O) groups excluding carboxylic acids is 3. The van der Waals surface area contributed by atoms with Gasteiger partial charge < -0.3 is 9.30 Å². The normalized spacial score (nSPS) is 14.3. The van der Waals surface area contributed by atoms with Gasteiger partial charge >= 0.3 is 5.97 Å². The van der Waals surface area contributed by atoms with Crippen molar-refractivity contribution in [1.82, 2.24) is 9.47 Å². The van der Waals surface area contributed by atoms with E-state index in [1.807, 2.05) is 28.8 Å². The van der Waals surface area contributed by atoms with Gasteiger partial charge in [-0.15, -0.1) is 0 Å². The standard InChI is InChI=1S/C24H16Cl2N2O4/c1-32-24(31)21(28-22(29)15-4-2-3-5-16(15)23(28)30)12-27-19-8-6-13(25)10-17(19)18-11-14(26)7-9-20(18)27/h2-11,21H,12H2,1H3. The number of methoxy groups -OCH3 is 1. The summed E-state index contributed by atoms with van der Waals surface area (Å²) in [5.74, 6) is -1.72. The van der Waals surface area contributed by atoms with Crippen LogP contribution in [0.25, 0.3) is 21.8 Å². The SMILES string of the molecule is COC(=O)C(Cn1c2ccc(Cl)cc2c2cc(Cl)ccc21)N1C(=O)c2ccccc2C1=O. The first kappa shape index (κ1) is 20.5. The van der Waals surface area contributed by atoms with Crippen LogP contribution in [0.5, 0.6) is 0 Å². The van der Waals surface area contributed by atoms with Crippen LogP contribution in [0.2, 0.25) is 10.0 Å². The highest BCUT2D eigenvalue weighted by Gasteiger charge is 2.43. The molecule has 0 aliphatic carbocycles. The van der Waals surface area contributed by atoms with Gasteiger partial charge in [-0.2, -0.15) is 0 Å². The second-order valence-electron chi connectivity index (χ2n) is 7.50. The van der Waals surface area contributed by atoms with Crippen LogP contribution in [0.1, 0.15) is 20.7 Å². The predicted molar refractivity (Wildman–Crippen MR) is 122 cm³/mol. The minimum atomic E-state index is -1.16. The highest BCUT2D eigenvalue weighted by Crippen LogP contribution is 2.34. The number of halogens is 2. The first-order valence-electron chi connectivity index (χ1n) is 9.82. The van der Waals surface area contributed by atoms with Gasteiger partial charge in [-0.3, -0.25) is 14.5 Å². The minimum absolute atomic E-state index is 0.0153. The molecule has 1 atom stereocenters. The highest BCUT2D eigenvalue weighted by atomic mass is 35.5. The van der Waals surface area contributed by atoms with E-state index in [0.29, 0.717) is 10.0 Å². The summed E-state index contributed by atoms with van der Waals surface area (Å²) in [6, 6.07) is 16.2. The number of ether oxygens (including phenoxy) is 1. The van der Waals surface area contributed by atoms with Crippen LogP contribution in [0.4, 0.5) is 0 Å². The van der Waals surface area contributed by atoms with Gasteiger partial charge in [0.05, 0.1) is 24.8 Å². The Morgan fingerprint density at radius 3 is 1.84 bits per heavy atom. The first-order chi connectivity index (χ1) is 15.4. The lowest BCUT2D eigenvalue weighted by atomic mass is 10.1. The van der Waals surface area contributed by atoms with E-state index in [4.69, 9.17) is 27.9 Å². The Labute approximate surface area is 192 Å². The van der Waals surface area contributed by atoms with Crippen molar-refractivity contribution in [2.24, 2.45) is 0 Å². The zero-order valence-electron chi connectivity index (χ0n) is 16.8. The summed E-state index contributed by atoms with van der Waals surface area (Å²) in [4.78, 5) is 39.9. The summed E-state index contributed by atoms with van der Waals surface area (Å²) in [6.45, 7) is 0.0153. The lowest BCUT2D eigenvalue weighted by Crippen LogP contribution is -2.47. The van der Waals surface area contributed by atoms with Crippen molar-refractivity contribution in [2.75, 3.05) is 7.11 Å². The van der Waals surface area contributed by atoms with E-state index in [9.17, 15) is 14.4 Å². The molecule has 3 aromatic carbocycles. The smallest absolute Gasteiger partial charge is 0.330 e. The van der Waals surface area contributed by atoms with Crippen LogP contribution in [0, 0.1) is 0 Å².